The van der Waals surface area contributed by atoms with E-state index in [0.29, 0.717) is 25.0 Å². The summed E-state index contributed by atoms with van der Waals surface area (Å²) in [5.74, 6) is 1.48. The summed E-state index contributed by atoms with van der Waals surface area (Å²) in [5, 5.41) is -0.197. The van der Waals surface area contributed by atoms with Crippen molar-refractivity contribution in [2.45, 2.75) is 103 Å². The third-order valence-electron chi connectivity index (χ3n) is 7.84. The van der Waals surface area contributed by atoms with Crippen LogP contribution in [0.4, 0.5) is 4.79 Å². The summed E-state index contributed by atoms with van der Waals surface area (Å²) >= 11 is 0. The Morgan fingerprint density at radius 1 is 1.00 bits per heavy atom. The quantitative estimate of drug-likeness (QED) is 0.609. The number of carbonyl (C=O) groups excluding carboxylic acids is 2. The summed E-state index contributed by atoms with van der Waals surface area (Å²) in [7, 11) is -3.02. The molecule has 3 aliphatic rings. The number of fused-ring (bicyclic) bond motifs is 1. The van der Waals surface area contributed by atoms with Gasteiger partial charge in [-0.05, 0) is 76.5 Å². The Kier molecular flexibility index (Phi) is 8.16. The summed E-state index contributed by atoms with van der Waals surface area (Å²) < 4.78 is 30.7. The van der Waals surface area contributed by atoms with Gasteiger partial charge in [-0.15, -0.1) is 0 Å². The summed E-state index contributed by atoms with van der Waals surface area (Å²) in [6, 6.07) is 0.00581. The first-order valence-electron chi connectivity index (χ1n) is 12.5. The molecule has 3 unspecified atom stereocenters. The summed E-state index contributed by atoms with van der Waals surface area (Å²) in [5.41, 5.74) is 0. The van der Waals surface area contributed by atoms with Crippen molar-refractivity contribution in [3.63, 3.8) is 0 Å². The number of piperazine rings is 1. The van der Waals surface area contributed by atoms with Crippen LogP contribution in [-0.4, -0.2) is 72.5 Å². The minimum absolute atomic E-state index is 0.0173. The van der Waals surface area contributed by atoms with Crippen molar-refractivity contribution in [3.05, 3.63) is 0 Å². The predicted molar refractivity (Wildman–Crippen MR) is 125 cm³/mol. The predicted octanol–water partition coefficient (Wildman–Crippen LogP) is 3.86. The maximum absolute atomic E-state index is 12.7. The first-order valence-corrected chi connectivity index (χ1v) is 14.2. The van der Waals surface area contributed by atoms with E-state index in [0.717, 1.165) is 44.9 Å². The topological polar surface area (TPSA) is 84.0 Å². The number of hydrogen-bond donors (Lipinski definition) is 0. The first-order chi connectivity index (χ1) is 15.0. The maximum Gasteiger partial charge on any atom is 0.410 e. The molecule has 0 spiro atoms. The zero-order valence-electron chi connectivity index (χ0n) is 20.5. The number of rotatable bonds is 5. The lowest BCUT2D eigenvalue weighted by molar-refractivity contribution is -0.142. The van der Waals surface area contributed by atoms with Gasteiger partial charge < -0.3 is 14.5 Å². The largest absolute Gasteiger partial charge is 0.450 e. The molecule has 32 heavy (non-hydrogen) atoms. The van der Waals surface area contributed by atoms with Gasteiger partial charge in [0.1, 0.15) is 0 Å². The molecule has 8 heteroatoms. The Hall–Kier alpha value is -1.31. The Morgan fingerprint density at radius 3 is 2.19 bits per heavy atom. The van der Waals surface area contributed by atoms with Crippen molar-refractivity contribution < 1.29 is 22.7 Å². The van der Waals surface area contributed by atoms with Crippen LogP contribution in [-0.2, 0) is 19.4 Å². The minimum atomic E-state index is -3.02. The van der Waals surface area contributed by atoms with Crippen molar-refractivity contribution in [2.75, 3.05) is 18.9 Å². The molecule has 3 rings (SSSR count). The van der Waals surface area contributed by atoms with Gasteiger partial charge in [0.05, 0.1) is 29.7 Å². The number of nitrogens with zero attached hydrogens (tertiary/aromatic N) is 2. The third-order valence-corrected chi connectivity index (χ3v) is 10.5. The van der Waals surface area contributed by atoms with E-state index >= 15 is 0 Å². The standard InChI is InChI=1S/C24H42N2O5S/c1-6-31-24(28)25-14-17(4)26(18(5)27)22-12-9-20(13-23(22)25)19-7-10-21(11-8-19)32(29,30)15-16(2)3/h16-17,19-23H,6-15H2,1-5H3/t17-,19?,20?,21?,22?,23?/m0/s1. The molecular weight excluding hydrogens is 428 g/mol. The van der Waals surface area contributed by atoms with E-state index in [-0.39, 0.29) is 47.0 Å². The van der Waals surface area contributed by atoms with Gasteiger partial charge in [0.25, 0.3) is 0 Å². The molecule has 0 bridgehead atoms. The average Bonchev–Trinajstić information content (AvgIpc) is 2.72. The molecule has 0 aromatic rings. The molecule has 1 aliphatic heterocycles. The van der Waals surface area contributed by atoms with Gasteiger partial charge in [-0.1, -0.05) is 13.8 Å². The van der Waals surface area contributed by atoms with E-state index in [1.54, 1.807) is 6.92 Å². The van der Waals surface area contributed by atoms with Crippen molar-refractivity contribution in [3.8, 4) is 0 Å². The molecule has 1 heterocycles. The number of hydrogen-bond acceptors (Lipinski definition) is 5. The molecule has 0 N–H and O–H groups in total. The second-order valence-electron chi connectivity index (χ2n) is 10.6. The van der Waals surface area contributed by atoms with Gasteiger partial charge in [-0.3, -0.25) is 4.79 Å². The molecule has 3 fully saturated rings. The normalized spacial score (nSPS) is 33.7. The van der Waals surface area contributed by atoms with E-state index in [1.165, 1.54) is 0 Å². The van der Waals surface area contributed by atoms with Crippen molar-refractivity contribution in [1.82, 2.24) is 9.80 Å². The fourth-order valence-electron chi connectivity index (χ4n) is 6.56. The third kappa shape index (κ3) is 5.42. The Balaban J connectivity index is 1.69. The van der Waals surface area contributed by atoms with E-state index in [2.05, 4.69) is 0 Å². The first kappa shape index (κ1) is 25.3. The molecule has 184 valence electrons. The van der Waals surface area contributed by atoms with E-state index in [9.17, 15) is 18.0 Å². The highest BCUT2D eigenvalue weighted by Gasteiger charge is 2.48. The fourth-order valence-corrected chi connectivity index (χ4v) is 8.76. The lowest BCUT2D eigenvalue weighted by atomic mass is 9.69. The van der Waals surface area contributed by atoms with Gasteiger partial charge in [0.2, 0.25) is 5.91 Å². The van der Waals surface area contributed by atoms with Gasteiger partial charge in [0.15, 0.2) is 9.84 Å². The van der Waals surface area contributed by atoms with Crippen LogP contribution in [0.25, 0.3) is 0 Å². The highest BCUT2D eigenvalue weighted by atomic mass is 32.2. The Labute approximate surface area is 194 Å². The lowest BCUT2D eigenvalue weighted by Crippen LogP contribution is -2.67. The van der Waals surface area contributed by atoms with Gasteiger partial charge in [-0.25, -0.2) is 13.2 Å². The van der Waals surface area contributed by atoms with Crippen LogP contribution in [0, 0.1) is 17.8 Å². The van der Waals surface area contributed by atoms with Gasteiger partial charge in [0, 0.05) is 19.5 Å². The van der Waals surface area contributed by atoms with Crippen LogP contribution < -0.4 is 0 Å². The zero-order chi connectivity index (χ0) is 23.6. The molecule has 1 saturated heterocycles. The molecule has 0 aromatic heterocycles. The molecule has 2 saturated carbocycles. The minimum Gasteiger partial charge on any atom is -0.450 e. The summed E-state index contributed by atoms with van der Waals surface area (Å²) in [6.07, 6.45) is 5.90. The van der Waals surface area contributed by atoms with Crippen LogP contribution in [0.5, 0.6) is 0 Å². The number of carbonyl (C=O) groups is 2. The monoisotopic (exact) mass is 470 g/mol. The number of sulfone groups is 1. The SMILES string of the molecule is CCOC(=O)N1C[C@H](C)N(C(C)=O)C2CCC(C3CCC(S(=O)(=O)CC(C)C)CC3)CC21. The summed E-state index contributed by atoms with van der Waals surface area (Å²) in [4.78, 5) is 29.0. The maximum atomic E-state index is 12.7. The number of amides is 2. The van der Waals surface area contributed by atoms with Crippen LogP contribution in [0.3, 0.4) is 0 Å². The molecule has 0 aromatic carbocycles. The van der Waals surface area contributed by atoms with Gasteiger partial charge in [-0.2, -0.15) is 0 Å². The molecule has 4 atom stereocenters. The Bertz CT molecular complexity index is 775. The molecular formula is C24H42N2O5S. The van der Waals surface area contributed by atoms with Crippen molar-refractivity contribution >= 4 is 21.8 Å². The van der Waals surface area contributed by atoms with Crippen LogP contribution in [0.15, 0.2) is 0 Å². The molecule has 7 nitrogen and oxygen atoms in total. The van der Waals surface area contributed by atoms with Crippen LogP contribution >= 0.6 is 0 Å². The van der Waals surface area contributed by atoms with E-state index in [1.807, 2.05) is 37.5 Å². The van der Waals surface area contributed by atoms with Gasteiger partial charge >= 0.3 is 6.09 Å². The number of ether oxygens (including phenoxy) is 1. The average molecular weight is 471 g/mol. The highest BCUT2D eigenvalue weighted by Crippen LogP contribution is 2.43. The van der Waals surface area contributed by atoms with Crippen LogP contribution in [0.2, 0.25) is 0 Å². The molecule has 2 aliphatic carbocycles. The molecule has 0 radical (unpaired) electrons. The lowest BCUT2D eigenvalue weighted by Gasteiger charge is -2.54. The second-order valence-corrected chi connectivity index (χ2v) is 12.9. The Morgan fingerprint density at radius 2 is 1.62 bits per heavy atom. The van der Waals surface area contributed by atoms with E-state index < -0.39 is 9.84 Å². The fraction of sp³-hybridized carbons (Fsp3) is 0.917. The van der Waals surface area contributed by atoms with Crippen molar-refractivity contribution in [2.24, 2.45) is 17.8 Å². The van der Waals surface area contributed by atoms with Crippen LogP contribution in [0.1, 0.15) is 79.6 Å². The highest BCUT2D eigenvalue weighted by molar-refractivity contribution is 7.92. The second kappa shape index (κ2) is 10.3. The van der Waals surface area contributed by atoms with E-state index in [4.69, 9.17) is 4.74 Å². The molecule has 2 amide bonds. The zero-order valence-corrected chi connectivity index (χ0v) is 21.3. The summed E-state index contributed by atoms with van der Waals surface area (Å²) in [6.45, 7) is 10.2. The van der Waals surface area contributed by atoms with Crippen molar-refractivity contribution in [1.29, 1.82) is 0 Å². The smallest absolute Gasteiger partial charge is 0.410 e.